The number of hydrogen-bond donors (Lipinski definition) is 2. The van der Waals surface area contributed by atoms with Gasteiger partial charge in [0.25, 0.3) is 0 Å². The molecule has 0 saturated carbocycles. The van der Waals surface area contributed by atoms with Crippen molar-refractivity contribution in [1.29, 1.82) is 0 Å². The molecule has 6 heteroatoms. The number of aromatic nitrogens is 3. The van der Waals surface area contributed by atoms with E-state index in [1.54, 1.807) is 6.33 Å². The molecule has 6 nitrogen and oxygen atoms in total. The molecule has 1 aliphatic heterocycles. The van der Waals surface area contributed by atoms with Crippen molar-refractivity contribution >= 4 is 28.3 Å². The zero-order valence-electron chi connectivity index (χ0n) is 14.9. The molecule has 2 aromatic heterocycles. The van der Waals surface area contributed by atoms with Crippen LogP contribution >= 0.6 is 0 Å². The number of urea groups is 1. The van der Waals surface area contributed by atoms with Gasteiger partial charge in [-0.05, 0) is 43.5 Å². The third-order valence-electron chi connectivity index (χ3n) is 4.92. The van der Waals surface area contributed by atoms with Crippen molar-refractivity contribution in [2.24, 2.45) is 0 Å². The Balaban J connectivity index is 1.54. The largest absolute Gasteiger partial charge is 0.343 e. The van der Waals surface area contributed by atoms with Crippen LogP contribution in [0.4, 0.5) is 10.5 Å². The van der Waals surface area contributed by atoms with E-state index in [-0.39, 0.29) is 6.03 Å². The Bertz CT molecular complexity index is 990. The molecular weight excluding hydrogens is 326 g/mol. The Morgan fingerprint density at radius 3 is 2.73 bits per heavy atom. The van der Waals surface area contributed by atoms with E-state index in [1.807, 2.05) is 42.2 Å². The molecule has 0 radical (unpaired) electrons. The molecule has 0 aliphatic carbocycles. The number of hydrogen-bond acceptors (Lipinski definition) is 3. The summed E-state index contributed by atoms with van der Waals surface area (Å²) in [6.45, 7) is 5.37. The number of nitrogens with zero attached hydrogens (tertiary/aromatic N) is 3. The van der Waals surface area contributed by atoms with Gasteiger partial charge >= 0.3 is 6.03 Å². The van der Waals surface area contributed by atoms with E-state index >= 15 is 0 Å². The van der Waals surface area contributed by atoms with Gasteiger partial charge in [0.05, 0.1) is 5.69 Å². The number of para-hydroxylation sites is 1. The van der Waals surface area contributed by atoms with Crippen molar-refractivity contribution < 1.29 is 4.79 Å². The van der Waals surface area contributed by atoms with E-state index in [0.29, 0.717) is 13.1 Å². The fraction of sp³-hybridized carbons (Fsp3) is 0.250. The fourth-order valence-electron chi connectivity index (χ4n) is 3.33. The van der Waals surface area contributed by atoms with Gasteiger partial charge in [0.15, 0.2) is 0 Å². The molecule has 0 bridgehead atoms. The second-order valence-corrected chi connectivity index (χ2v) is 6.54. The molecular formula is C20H21N5O. The SMILES string of the molecule is Cc1[nH]c2ncnc(C3=CCN(C(=O)Nc4ccccc4)CC3)c2c1C. The van der Waals surface area contributed by atoms with Crippen LogP contribution in [0.1, 0.15) is 23.4 Å². The van der Waals surface area contributed by atoms with Gasteiger partial charge in [-0.2, -0.15) is 0 Å². The van der Waals surface area contributed by atoms with E-state index in [0.717, 1.165) is 34.5 Å². The molecule has 0 atom stereocenters. The molecule has 0 unspecified atom stereocenters. The highest BCUT2D eigenvalue weighted by molar-refractivity contribution is 5.93. The van der Waals surface area contributed by atoms with Gasteiger partial charge in [-0.15, -0.1) is 0 Å². The summed E-state index contributed by atoms with van der Waals surface area (Å²) < 4.78 is 0. The standard InChI is InChI=1S/C20H21N5O/c1-13-14(2)23-19-17(13)18(21-12-22-19)15-8-10-25(11-9-15)20(26)24-16-6-4-3-5-7-16/h3-8,12H,9-11H2,1-2H3,(H,24,26)(H,21,22,23). The van der Waals surface area contributed by atoms with E-state index in [4.69, 9.17) is 0 Å². The van der Waals surface area contributed by atoms with Crippen LogP contribution in [-0.2, 0) is 0 Å². The number of aryl methyl sites for hydroxylation is 2. The zero-order chi connectivity index (χ0) is 18.1. The molecule has 0 saturated heterocycles. The number of amides is 2. The minimum atomic E-state index is -0.0759. The molecule has 1 aliphatic rings. The third-order valence-corrected chi connectivity index (χ3v) is 4.92. The van der Waals surface area contributed by atoms with Gasteiger partial charge < -0.3 is 15.2 Å². The van der Waals surface area contributed by atoms with Crippen molar-refractivity contribution in [2.75, 3.05) is 18.4 Å². The summed E-state index contributed by atoms with van der Waals surface area (Å²) >= 11 is 0. The number of nitrogens with one attached hydrogen (secondary N) is 2. The Labute approximate surface area is 152 Å². The first-order chi connectivity index (χ1) is 12.6. The summed E-state index contributed by atoms with van der Waals surface area (Å²) in [5, 5.41) is 4.02. The number of H-pyrrole nitrogens is 1. The average molecular weight is 347 g/mol. The van der Waals surface area contributed by atoms with Crippen molar-refractivity contribution in [3.63, 3.8) is 0 Å². The zero-order valence-corrected chi connectivity index (χ0v) is 14.9. The Morgan fingerprint density at radius 1 is 1.19 bits per heavy atom. The van der Waals surface area contributed by atoms with Gasteiger partial charge in [-0.3, -0.25) is 0 Å². The minimum absolute atomic E-state index is 0.0759. The maximum Gasteiger partial charge on any atom is 0.322 e. The summed E-state index contributed by atoms with van der Waals surface area (Å²) in [4.78, 5) is 26.4. The van der Waals surface area contributed by atoms with Crippen LogP contribution < -0.4 is 5.32 Å². The van der Waals surface area contributed by atoms with Crippen LogP contribution in [0.5, 0.6) is 0 Å². The number of aromatic amines is 1. The lowest BCUT2D eigenvalue weighted by Crippen LogP contribution is -2.37. The molecule has 3 heterocycles. The van der Waals surface area contributed by atoms with Crippen LogP contribution in [0.3, 0.4) is 0 Å². The van der Waals surface area contributed by atoms with Crippen LogP contribution in [-0.4, -0.2) is 39.0 Å². The van der Waals surface area contributed by atoms with E-state index in [2.05, 4.69) is 33.3 Å². The van der Waals surface area contributed by atoms with Gasteiger partial charge in [0.2, 0.25) is 0 Å². The van der Waals surface area contributed by atoms with E-state index in [1.165, 1.54) is 11.1 Å². The summed E-state index contributed by atoms with van der Waals surface area (Å²) in [7, 11) is 0. The van der Waals surface area contributed by atoms with Gasteiger partial charge in [-0.25, -0.2) is 14.8 Å². The third kappa shape index (κ3) is 2.94. The number of benzene rings is 1. The Hall–Kier alpha value is -3.15. The second kappa shape index (κ2) is 6.63. The smallest absolute Gasteiger partial charge is 0.322 e. The van der Waals surface area contributed by atoms with Crippen molar-refractivity contribution in [3.8, 4) is 0 Å². The van der Waals surface area contributed by atoms with Gasteiger partial charge in [0.1, 0.15) is 12.0 Å². The van der Waals surface area contributed by atoms with Crippen molar-refractivity contribution in [3.05, 3.63) is 59.7 Å². The molecule has 26 heavy (non-hydrogen) atoms. The molecule has 132 valence electrons. The Kier molecular flexibility index (Phi) is 4.16. The van der Waals surface area contributed by atoms with E-state index in [9.17, 15) is 4.79 Å². The van der Waals surface area contributed by atoms with Gasteiger partial charge in [0, 0.05) is 29.9 Å². The molecule has 3 aromatic rings. The number of fused-ring (bicyclic) bond motifs is 1. The van der Waals surface area contributed by atoms with Crippen LogP contribution in [0.15, 0.2) is 42.7 Å². The highest BCUT2D eigenvalue weighted by Gasteiger charge is 2.21. The summed E-state index contributed by atoms with van der Waals surface area (Å²) in [6.07, 6.45) is 4.47. The van der Waals surface area contributed by atoms with Crippen LogP contribution in [0, 0.1) is 13.8 Å². The molecule has 2 N–H and O–H groups in total. The summed E-state index contributed by atoms with van der Waals surface area (Å²) in [6, 6.07) is 9.44. The number of carbonyl (C=O) groups excluding carboxylic acids is 1. The number of rotatable bonds is 2. The molecule has 1 aromatic carbocycles. The Morgan fingerprint density at radius 2 is 2.00 bits per heavy atom. The first-order valence-corrected chi connectivity index (χ1v) is 8.73. The minimum Gasteiger partial charge on any atom is -0.343 e. The first kappa shape index (κ1) is 16.3. The van der Waals surface area contributed by atoms with Crippen LogP contribution in [0.25, 0.3) is 16.6 Å². The maximum atomic E-state index is 12.4. The molecule has 4 rings (SSSR count). The normalized spacial score (nSPS) is 14.4. The quantitative estimate of drug-likeness (QED) is 0.738. The number of anilines is 1. The lowest BCUT2D eigenvalue weighted by atomic mass is 10.0. The highest BCUT2D eigenvalue weighted by Crippen LogP contribution is 2.30. The summed E-state index contributed by atoms with van der Waals surface area (Å²) in [5.74, 6) is 0. The number of carbonyl (C=O) groups is 1. The predicted octanol–water partition coefficient (Wildman–Crippen LogP) is 3.90. The molecule has 0 fully saturated rings. The fourth-order valence-corrected chi connectivity index (χ4v) is 3.33. The van der Waals surface area contributed by atoms with Crippen molar-refractivity contribution in [1.82, 2.24) is 19.9 Å². The monoisotopic (exact) mass is 347 g/mol. The van der Waals surface area contributed by atoms with Crippen molar-refractivity contribution in [2.45, 2.75) is 20.3 Å². The maximum absolute atomic E-state index is 12.4. The topological polar surface area (TPSA) is 73.9 Å². The average Bonchev–Trinajstić information content (AvgIpc) is 2.97. The highest BCUT2D eigenvalue weighted by atomic mass is 16.2. The van der Waals surface area contributed by atoms with Crippen LogP contribution in [0.2, 0.25) is 0 Å². The first-order valence-electron chi connectivity index (χ1n) is 8.73. The molecule has 2 amide bonds. The summed E-state index contributed by atoms with van der Waals surface area (Å²) in [5.41, 5.74) is 6.12. The predicted molar refractivity (Wildman–Crippen MR) is 103 cm³/mol. The van der Waals surface area contributed by atoms with E-state index < -0.39 is 0 Å². The second-order valence-electron chi connectivity index (χ2n) is 6.54. The van der Waals surface area contributed by atoms with Gasteiger partial charge in [-0.1, -0.05) is 24.3 Å². The lowest BCUT2D eigenvalue weighted by Gasteiger charge is -2.26. The lowest BCUT2D eigenvalue weighted by molar-refractivity contribution is 0.217. The molecule has 0 spiro atoms.